The summed E-state index contributed by atoms with van der Waals surface area (Å²) < 4.78 is 6.52. The van der Waals surface area contributed by atoms with Crippen molar-refractivity contribution in [3.63, 3.8) is 0 Å². The number of fused-ring (bicyclic) bond motifs is 3. The van der Waals surface area contributed by atoms with Crippen molar-refractivity contribution in [2.24, 2.45) is 5.92 Å². The van der Waals surface area contributed by atoms with E-state index >= 15 is 0 Å². The number of unbranched alkanes of at least 4 members (excludes halogenated alkanes) is 4. The van der Waals surface area contributed by atoms with Crippen molar-refractivity contribution in [2.75, 3.05) is 6.61 Å². The Balaban J connectivity index is 1.87. The highest BCUT2D eigenvalue weighted by Crippen LogP contribution is 2.55. The van der Waals surface area contributed by atoms with Gasteiger partial charge in [0.05, 0.1) is 0 Å². The van der Waals surface area contributed by atoms with Crippen LogP contribution in [-0.2, 0) is 10.2 Å². The predicted octanol–water partition coefficient (Wildman–Crippen LogP) is 6.96. The van der Waals surface area contributed by atoms with E-state index in [4.69, 9.17) is 9.84 Å². The summed E-state index contributed by atoms with van der Waals surface area (Å²) in [5.41, 5.74) is 2.47. The molecule has 2 N–H and O–H groups in total. The first-order chi connectivity index (χ1) is 15.6. The molecule has 0 spiro atoms. The zero-order chi connectivity index (χ0) is 24.2. The van der Waals surface area contributed by atoms with Gasteiger partial charge in [-0.15, -0.1) is 0 Å². The molecule has 1 aliphatic carbocycles. The minimum atomic E-state index is -0.365. The van der Waals surface area contributed by atoms with Gasteiger partial charge >= 0.3 is 0 Å². The Morgan fingerprint density at radius 1 is 1.15 bits per heavy atom. The highest BCUT2D eigenvalue weighted by atomic mass is 16.5. The normalized spacial score (nSPS) is 21.6. The third-order valence-electron chi connectivity index (χ3n) is 7.91. The lowest BCUT2D eigenvalue weighted by molar-refractivity contribution is -0.116. The lowest BCUT2D eigenvalue weighted by Gasteiger charge is -2.47. The molecule has 1 aliphatic heterocycles. The Morgan fingerprint density at radius 3 is 2.61 bits per heavy atom. The van der Waals surface area contributed by atoms with Crippen LogP contribution in [-0.4, -0.2) is 28.2 Å². The van der Waals surface area contributed by atoms with E-state index in [9.17, 15) is 9.90 Å². The molecule has 2 aliphatic rings. The topological polar surface area (TPSA) is 66.8 Å². The summed E-state index contributed by atoms with van der Waals surface area (Å²) in [6, 6.07) is 4.09. The number of hydrogen-bond acceptors (Lipinski definition) is 4. The average molecular weight is 457 g/mol. The number of carbonyl (C=O) groups is 1. The maximum Gasteiger partial charge on any atom is 0.158 e. The molecular weight excluding hydrogens is 412 g/mol. The molecule has 4 nitrogen and oxygen atoms in total. The van der Waals surface area contributed by atoms with E-state index < -0.39 is 0 Å². The lowest BCUT2D eigenvalue weighted by atomic mass is 9.66. The fourth-order valence-corrected chi connectivity index (χ4v) is 5.71. The highest BCUT2D eigenvalue weighted by Gasteiger charge is 2.47. The summed E-state index contributed by atoms with van der Waals surface area (Å²) in [7, 11) is 0. The number of phenolic OH excluding ortho intramolecular Hbond substituents is 1. The minimum absolute atomic E-state index is 0.0368. The second-order valence-electron chi connectivity index (χ2n) is 11.3. The Labute approximate surface area is 200 Å². The van der Waals surface area contributed by atoms with Crippen LogP contribution in [0.5, 0.6) is 11.5 Å². The summed E-state index contributed by atoms with van der Waals surface area (Å²) in [6.45, 7) is 11.1. The first-order valence-electron chi connectivity index (χ1n) is 13.0. The molecule has 0 unspecified atom stereocenters. The van der Waals surface area contributed by atoms with Gasteiger partial charge in [0.15, 0.2) is 5.78 Å². The van der Waals surface area contributed by atoms with Crippen LogP contribution in [0.2, 0.25) is 0 Å². The van der Waals surface area contributed by atoms with Gasteiger partial charge in [0.25, 0.3) is 0 Å². The maximum absolute atomic E-state index is 12.8. The van der Waals surface area contributed by atoms with Crippen LogP contribution in [0, 0.1) is 5.92 Å². The Bertz CT molecular complexity index is 865. The van der Waals surface area contributed by atoms with Gasteiger partial charge in [-0.2, -0.15) is 0 Å². The SMILES string of the molecule is CCCCCCC(C)(C)c1cc(O)c2c(c1)OC(C)(C)[C@@H]1CC=C(C(=O)CCCCO)C[C@@H]21. The molecule has 1 aromatic rings. The van der Waals surface area contributed by atoms with Crippen molar-refractivity contribution in [2.45, 2.75) is 116 Å². The van der Waals surface area contributed by atoms with Crippen LogP contribution in [0.1, 0.15) is 116 Å². The van der Waals surface area contributed by atoms with Crippen LogP contribution < -0.4 is 4.74 Å². The molecule has 4 heteroatoms. The van der Waals surface area contributed by atoms with Crippen LogP contribution in [0.4, 0.5) is 0 Å². The van der Waals surface area contributed by atoms with Crippen molar-refractivity contribution in [3.8, 4) is 11.5 Å². The molecule has 2 atom stereocenters. The fourth-order valence-electron chi connectivity index (χ4n) is 5.71. The van der Waals surface area contributed by atoms with E-state index in [1.807, 2.05) is 6.07 Å². The minimum Gasteiger partial charge on any atom is -0.508 e. The summed E-state index contributed by atoms with van der Waals surface area (Å²) in [6.07, 6.45) is 11.4. The summed E-state index contributed by atoms with van der Waals surface area (Å²) in [5, 5.41) is 20.2. The van der Waals surface area contributed by atoms with E-state index in [0.29, 0.717) is 31.4 Å². The number of aliphatic hydroxyl groups excluding tert-OH is 1. The number of aliphatic hydroxyl groups is 1. The van der Waals surface area contributed by atoms with E-state index in [-0.39, 0.29) is 35.2 Å². The van der Waals surface area contributed by atoms with Crippen LogP contribution >= 0.6 is 0 Å². The highest BCUT2D eigenvalue weighted by molar-refractivity contribution is 5.95. The van der Waals surface area contributed by atoms with E-state index in [1.165, 1.54) is 25.7 Å². The van der Waals surface area contributed by atoms with Gasteiger partial charge < -0.3 is 14.9 Å². The second kappa shape index (κ2) is 10.6. The number of allylic oxidation sites excluding steroid dienone is 2. The maximum atomic E-state index is 12.8. The van der Waals surface area contributed by atoms with Crippen LogP contribution in [0.3, 0.4) is 0 Å². The van der Waals surface area contributed by atoms with Crippen molar-refractivity contribution in [3.05, 3.63) is 34.9 Å². The van der Waals surface area contributed by atoms with E-state index in [1.54, 1.807) is 0 Å². The van der Waals surface area contributed by atoms with E-state index in [2.05, 4.69) is 46.8 Å². The number of rotatable bonds is 11. The van der Waals surface area contributed by atoms with Gasteiger partial charge in [0, 0.05) is 30.4 Å². The summed E-state index contributed by atoms with van der Waals surface area (Å²) in [4.78, 5) is 12.8. The quantitative estimate of drug-likeness (QED) is 0.353. The van der Waals surface area contributed by atoms with Crippen molar-refractivity contribution in [1.29, 1.82) is 0 Å². The van der Waals surface area contributed by atoms with Crippen molar-refractivity contribution in [1.82, 2.24) is 0 Å². The molecule has 0 amide bonds. The number of carbonyl (C=O) groups excluding carboxylic acids is 1. The zero-order valence-electron chi connectivity index (χ0n) is 21.4. The number of Topliss-reactive ketones (excluding diaryl/α,β-unsaturated/α-hetero) is 1. The van der Waals surface area contributed by atoms with Gasteiger partial charge in [0.1, 0.15) is 17.1 Å². The molecule has 33 heavy (non-hydrogen) atoms. The molecule has 0 fully saturated rings. The molecule has 0 radical (unpaired) electrons. The van der Waals surface area contributed by atoms with Gasteiger partial charge in [-0.05, 0) is 74.6 Å². The zero-order valence-corrected chi connectivity index (χ0v) is 21.4. The number of aromatic hydroxyl groups is 1. The first kappa shape index (κ1) is 25.8. The fraction of sp³-hybridized carbons (Fsp3) is 0.690. The van der Waals surface area contributed by atoms with Gasteiger partial charge in [-0.1, -0.05) is 52.5 Å². The number of ether oxygens (including phenoxy) is 1. The molecular formula is C29H44O4. The van der Waals surface area contributed by atoms with Crippen LogP contribution in [0.25, 0.3) is 0 Å². The molecule has 184 valence electrons. The molecule has 0 saturated carbocycles. The van der Waals surface area contributed by atoms with Gasteiger partial charge in [-0.3, -0.25) is 4.79 Å². The smallest absolute Gasteiger partial charge is 0.158 e. The Kier molecular flexibility index (Phi) is 8.31. The molecule has 3 rings (SSSR count). The Hall–Kier alpha value is -1.81. The number of phenols is 1. The molecule has 0 bridgehead atoms. The third-order valence-corrected chi connectivity index (χ3v) is 7.91. The standard InChI is InChI=1S/C29H44O4/c1-6-7-8-10-15-28(2,3)21-18-25(32)27-22-17-20(24(31)12-9-11-16-30)13-14-23(22)29(4,5)33-26(27)19-21/h13,18-19,22-23,30,32H,6-12,14-17H2,1-5H3/t22-,23-/m1/s1. The lowest BCUT2D eigenvalue weighted by Crippen LogP contribution is -2.46. The number of benzene rings is 1. The molecule has 1 aromatic carbocycles. The Morgan fingerprint density at radius 2 is 1.91 bits per heavy atom. The van der Waals surface area contributed by atoms with Crippen molar-refractivity contribution < 1.29 is 19.7 Å². The average Bonchev–Trinajstić information content (AvgIpc) is 2.75. The van der Waals surface area contributed by atoms with Crippen LogP contribution in [0.15, 0.2) is 23.8 Å². The molecule has 0 aromatic heterocycles. The largest absolute Gasteiger partial charge is 0.508 e. The third kappa shape index (κ3) is 5.82. The molecule has 0 saturated heterocycles. The summed E-state index contributed by atoms with van der Waals surface area (Å²) >= 11 is 0. The summed E-state index contributed by atoms with van der Waals surface area (Å²) in [5.74, 6) is 1.57. The molecule has 1 heterocycles. The first-order valence-corrected chi connectivity index (χ1v) is 13.0. The monoisotopic (exact) mass is 456 g/mol. The number of ketones is 1. The van der Waals surface area contributed by atoms with Crippen molar-refractivity contribution >= 4 is 5.78 Å². The van der Waals surface area contributed by atoms with Gasteiger partial charge in [-0.25, -0.2) is 0 Å². The second-order valence-corrected chi connectivity index (χ2v) is 11.3. The van der Waals surface area contributed by atoms with E-state index in [0.717, 1.165) is 35.3 Å². The van der Waals surface area contributed by atoms with Gasteiger partial charge in [0.2, 0.25) is 0 Å². The number of hydrogen-bond donors (Lipinski definition) is 2. The predicted molar refractivity (Wildman–Crippen MR) is 134 cm³/mol.